The number of carbonyl (C=O) groups excluding carboxylic acids is 2. The quantitative estimate of drug-likeness (QED) is 0.341. The lowest BCUT2D eigenvalue weighted by molar-refractivity contribution is -0.127. The molecular weight excluding hydrogens is 517 g/mol. The highest BCUT2D eigenvalue weighted by Gasteiger charge is 2.39. The molecular formula is C24H18BrClFNO3S. The molecule has 3 aromatic carbocycles. The molecule has 1 saturated heterocycles. The first-order valence-electron chi connectivity index (χ1n) is 9.82. The first-order chi connectivity index (χ1) is 15.4. The molecule has 0 unspecified atom stereocenters. The van der Waals surface area contributed by atoms with Gasteiger partial charge in [-0.2, -0.15) is 0 Å². The lowest BCUT2D eigenvalue weighted by Gasteiger charge is -2.16. The molecule has 0 bridgehead atoms. The van der Waals surface area contributed by atoms with E-state index in [0.717, 1.165) is 27.4 Å². The molecule has 0 radical (unpaired) electrons. The predicted octanol–water partition coefficient (Wildman–Crippen LogP) is 6.63. The zero-order valence-electron chi connectivity index (χ0n) is 16.8. The van der Waals surface area contributed by atoms with Crippen LogP contribution in [-0.4, -0.2) is 21.3 Å². The van der Waals surface area contributed by atoms with Crippen LogP contribution in [-0.2, 0) is 24.4 Å². The number of imide groups is 1. The number of thioether (sulfide) groups is 1. The standard InChI is InChI=1S/C24H18BrClFNO3S/c25-18-7-10-21(31-14-16-3-1-2-4-20(16)27)17(11-18)12-22-23(29)28(24(30)32-22)13-15-5-8-19(26)9-6-15/h1-11,22H,12-14H2/t22-/m1/s1. The first-order valence-corrected chi connectivity index (χ1v) is 11.9. The normalized spacial score (nSPS) is 16.0. The number of carbonyl (C=O) groups is 2. The van der Waals surface area contributed by atoms with Crippen molar-refractivity contribution < 1.29 is 18.7 Å². The molecule has 1 aliphatic rings. The number of benzene rings is 3. The summed E-state index contributed by atoms with van der Waals surface area (Å²) in [5.41, 5.74) is 2.04. The maximum Gasteiger partial charge on any atom is 0.289 e. The fourth-order valence-electron chi connectivity index (χ4n) is 3.36. The Morgan fingerprint density at radius 2 is 1.78 bits per heavy atom. The monoisotopic (exact) mass is 533 g/mol. The van der Waals surface area contributed by atoms with Crippen molar-refractivity contribution in [3.05, 3.63) is 98.7 Å². The van der Waals surface area contributed by atoms with E-state index in [0.29, 0.717) is 22.8 Å². The SMILES string of the molecule is O=C1S[C@H](Cc2cc(Br)ccc2OCc2ccccc2F)C(=O)N1Cc1ccc(Cl)cc1. The van der Waals surface area contributed by atoms with Crippen LogP contribution < -0.4 is 4.74 Å². The minimum atomic E-state index is -0.556. The maximum atomic E-state index is 13.9. The highest BCUT2D eigenvalue weighted by atomic mass is 79.9. The van der Waals surface area contributed by atoms with Gasteiger partial charge in [0, 0.05) is 15.1 Å². The third kappa shape index (κ3) is 5.34. The summed E-state index contributed by atoms with van der Waals surface area (Å²) in [6.07, 6.45) is 0.318. The van der Waals surface area contributed by atoms with E-state index in [9.17, 15) is 14.0 Å². The Labute approximate surface area is 202 Å². The Hall–Kier alpha value is -2.35. The van der Waals surface area contributed by atoms with Gasteiger partial charge in [-0.3, -0.25) is 14.5 Å². The van der Waals surface area contributed by atoms with E-state index in [-0.39, 0.29) is 30.1 Å². The minimum absolute atomic E-state index is 0.0642. The van der Waals surface area contributed by atoms with Crippen molar-refractivity contribution in [2.45, 2.75) is 24.8 Å². The molecule has 2 amide bonds. The Bertz CT molecular complexity index is 1160. The third-order valence-corrected chi connectivity index (χ3v) is 6.85. The van der Waals surface area contributed by atoms with Gasteiger partial charge in [-0.05, 0) is 53.9 Å². The summed E-state index contributed by atoms with van der Waals surface area (Å²) in [4.78, 5) is 26.7. The van der Waals surface area contributed by atoms with Gasteiger partial charge in [-0.1, -0.05) is 69.6 Å². The topological polar surface area (TPSA) is 46.6 Å². The summed E-state index contributed by atoms with van der Waals surface area (Å²) in [5, 5.41) is -0.240. The highest BCUT2D eigenvalue weighted by molar-refractivity contribution is 9.10. The molecule has 0 spiro atoms. The summed E-state index contributed by atoms with van der Waals surface area (Å²) in [6, 6.07) is 18.9. The molecule has 32 heavy (non-hydrogen) atoms. The van der Waals surface area contributed by atoms with Gasteiger partial charge in [0.2, 0.25) is 5.91 Å². The van der Waals surface area contributed by atoms with Gasteiger partial charge in [0.25, 0.3) is 5.24 Å². The Balaban J connectivity index is 1.48. The van der Waals surface area contributed by atoms with E-state index in [1.165, 1.54) is 11.0 Å². The maximum absolute atomic E-state index is 13.9. The van der Waals surface area contributed by atoms with Crippen LogP contribution in [0, 0.1) is 5.82 Å². The molecule has 1 aliphatic heterocycles. The zero-order chi connectivity index (χ0) is 22.7. The van der Waals surface area contributed by atoms with Gasteiger partial charge < -0.3 is 4.74 Å². The molecule has 0 saturated carbocycles. The molecule has 0 aromatic heterocycles. The predicted molar refractivity (Wildman–Crippen MR) is 127 cm³/mol. The second-order valence-corrected chi connectivity index (χ2v) is 9.77. The Morgan fingerprint density at radius 3 is 2.53 bits per heavy atom. The van der Waals surface area contributed by atoms with Crippen molar-refractivity contribution >= 4 is 50.4 Å². The molecule has 4 rings (SSSR count). The van der Waals surface area contributed by atoms with Gasteiger partial charge in [0.05, 0.1) is 11.8 Å². The number of halogens is 3. The first kappa shape index (κ1) is 22.8. The third-order valence-electron chi connectivity index (χ3n) is 5.03. The molecule has 3 aromatic rings. The summed E-state index contributed by atoms with van der Waals surface area (Å²) in [5.74, 6) is -0.0282. The van der Waals surface area contributed by atoms with E-state index < -0.39 is 5.25 Å². The van der Waals surface area contributed by atoms with Gasteiger partial charge in [-0.25, -0.2) is 4.39 Å². The van der Waals surface area contributed by atoms with Crippen LogP contribution in [0.1, 0.15) is 16.7 Å². The fraction of sp³-hybridized carbons (Fsp3) is 0.167. The zero-order valence-corrected chi connectivity index (χ0v) is 19.9. The number of hydrogen-bond acceptors (Lipinski definition) is 4. The van der Waals surface area contributed by atoms with E-state index in [1.807, 2.05) is 12.1 Å². The Kier molecular flexibility index (Phi) is 7.18. The molecule has 1 heterocycles. The van der Waals surface area contributed by atoms with Gasteiger partial charge in [0.15, 0.2) is 0 Å². The minimum Gasteiger partial charge on any atom is -0.489 e. The largest absolute Gasteiger partial charge is 0.489 e. The average molecular weight is 535 g/mol. The van der Waals surface area contributed by atoms with Crippen molar-refractivity contribution in [3.63, 3.8) is 0 Å². The van der Waals surface area contributed by atoms with Gasteiger partial charge in [0.1, 0.15) is 18.2 Å². The summed E-state index contributed by atoms with van der Waals surface area (Å²) >= 11 is 10.4. The van der Waals surface area contributed by atoms with Crippen molar-refractivity contribution in [1.29, 1.82) is 0 Å². The molecule has 164 valence electrons. The second kappa shape index (κ2) is 10.1. The van der Waals surface area contributed by atoms with Gasteiger partial charge in [-0.15, -0.1) is 0 Å². The number of hydrogen-bond donors (Lipinski definition) is 0. The molecule has 0 N–H and O–H groups in total. The van der Waals surface area contributed by atoms with Crippen LogP contribution in [0.15, 0.2) is 71.2 Å². The van der Waals surface area contributed by atoms with Crippen molar-refractivity contribution in [2.75, 3.05) is 0 Å². The van der Waals surface area contributed by atoms with Crippen molar-refractivity contribution in [3.8, 4) is 5.75 Å². The van der Waals surface area contributed by atoms with Crippen LogP contribution in [0.3, 0.4) is 0 Å². The molecule has 4 nitrogen and oxygen atoms in total. The van der Waals surface area contributed by atoms with Crippen LogP contribution in [0.25, 0.3) is 0 Å². The summed E-state index contributed by atoms with van der Waals surface area (Å²) in [6.45, 7) is 0.266. The lowest BCUT2D eigenvalue weighted by Crippen LogP contribution is -2.31. The molecule has 1 atom stereocenters. The highest BCUT2D eigenvalue weighted by Crippen LogP contribution is 2.34. The summed E-state index contributed by atoms with van der Waals surface area (Å²) < 4.78 is 20.6. The number of rotatable bonds is 7. The summed E-state index contributed by atoms with van der Waals surface area (Å²) in [7, 11) is 0. The van der Waals surface area contributed by atoms with Gasteiger partial charge >= 0.3 is 0 Å². The molecule has 8 heteroatoms. The van der Waals surface area contributed by atoms with Crippen LogP contribution >= 0.6 is 39.3 Å². The van der Waals surface area contributed by atoms with E-state index in [2.05, 4.69) is 15.9 Å². The van der Waals surface area contributed by atoms with E-state index >= 15 is 0 Å². The van der Waals surface area contributed by atoms with Crippen LogP contribution in [0.4, 0.5) is 9.18 Å². The van der Waals surface area contributed by atoms with E-state index in [1.54, 1.807) is 48.5 Å². The number of ether oxygens (including phenoxy) is 1. The lowest BCUT2D eigenvalue weighted by atomic mass is 10.1. The molecule has 1 fully saturated rings. The van der Waals surface area contributed by atoms with Crippen molar-refractivity contribution in [2.24, 2.45) is 0 Å². The van der Waals surface area contributed by atoms with Crippen LogP contribution in [0.5, 0.6) is 5.75 Å². The Morgan fingerprint density at radius 1 is 1.03 bits per heavy atom. The second-order valence-electron chi connectivity index (χ2n) is 7.26. The van der Waals surface area contributed by atoms with Crippen LogP contribution in [0.2, 0.25) is 5.02 Å². The average Bonchev–Trinajstić information content (AvgIpc) is 3.03. The number of amides is 2. The fourth-order valence-corrected chi connectivity index (χ4v) is 4.91. The number of nitrogens with zero attached hydrogens (tertiary/aromatic N) is 1. The van der Waals surface area contributed by atoms with E-state index in [4.69, 9.17) is 16.3 Å². The smallest absolute Gasteiger partial charge is 0.289 e. The van der Waals surface area contributed by atoms with Crippen molar-refractivity contribution in [1.82, 2.24) is 4.90 Å². The molecule has 0 aliphatic carbocycles.